The summed E-state index contributed by atoms with van der Waals surface area (Å²) in [6.07, 6.45) is 0. The molecule has 2 aliphatic rings. The van der Waals surface area contributed by atoms with Gasteiger partial charge in [0, 0.05) is 11.8 Å². The maximum atomic E-state index is 13.6. The Bertz CT molecular complexity index is 1480. The lowest BCUT2D eigenvalue weighted by molar-refractivity contribution is -0.124. The fourth-order valence-corrected chi connectivity index (χ4v) is 6.92. The molecule has 2 heterocycles. The third-order valence-electron chi connectivity index (χ3n) is 7.41. The van der Waals surface area contributed by atoms with Gasteiger partial charge < -0.3 is 5.32 Å². The van der Waals surface area contributed by atoms with Gasteiger partial charge in [-0.25, -0.2) is 4.98 Å². The highest BCUT2D eigenvalue weighted by molar-refractivity contribution is 7.18. The molecule has 0 spiro atoms. The number of hydrogen-bond acceptors (Lipinski definition) is 5. The Morgan fingerprint density at radius 1 is 1.00 bits per heavy atom. The number of piperidine rings is 1. The van der Waals surface area contributed by atoms with Crippen molar-refractivity contribution in [3.63, 3.8) is 0 Å². The van der Waals surface area contributed by atoms with Crippen molar-refractivity contribution >= 4 is 27.5 Å². The molecule has 1 aliphatic heterocycles. The first kappa shape index (κ1) is 20.6. The van der Waals surface area contributed by atoms with Gasteiger partial charge in [0.2, 0.25) is 5.91 Å². The number of hydrogen-bond donors (Lipinski definition) is 1. The predicted octanol–water partition coefficient (Wildman–Crippen LogP) is 5.16. The molecule has 164 valence electrons. The maximum Gasteiger partial charge on any atom is 0.242 e. The van der Waals surface area contributed by atoms with Gasteiger partial charge in [-0.2, -0.15) is 10.5 Å². The number of carbonyl (C=O) groups excluding carboxylic acids is 1. The summed E-state index contributed by atoms with van der Waals surface area (Å²) in [5.74, 6) is -1.74. The van der Waals surface area contributed by atoms with Crippen molar-refractivity contribution in [3.8, 4) is 12.1 Å². The van der Waals surface area contributed by atoms with E-state index in [4.69, 9.17) is 4.98 Å². The van der Waals surface area contributed by atoms with Gasteiger partial charge in [-0.1, -0.05) is 72.3 Å². The molecule has 1 saturated heterocycles. The van der Waals surface area contributed by atoms with E-state index in [1.54, 1.807) is 0 Å². The van der Waals surface area contributed by atoms with Crippen LogP contribution in [-0.4, -0.2) is 10.9 Å². The van der Waals surface area contributed by atoms with E-state index in [1.165, 1.54) is 11.3 Å². The van der Waals surface area contributed by atoms with Crippen LogP contribution in [0.1, 0.15) is 33.5 Å². The summed E-state index contributed by atoms with van der Waals surface area (Å²) in [5.41, 5.74) is 1.44. The number of fused-ring (bicyclic) bond motifs is 2. The topological polar surface area (TPSA) is 89.6 Å². The highest BCUT2D eigenvalue weighted by atomic mass is 32.1. The summed E-state index contributed by atoms with van der Waals surface area (Å²) in [6, 6.07) is 30.3. The van der Waals surface area contributed by atoms with Crippen LogP contribution in [-0.2, 0) is 10.3 Å². The minimum absolute atomic E-state index is 0.294. The predicted molar refractivity (Wildman–Crippen MR) is 130 cm³/mol. The van der Waals surface area contributed by atoms with Crippen molar-refractivity contribution in [2.75, 3.05) is 0 Å². The minimum atomic E-state index is -1.21. The van der Waals surface area contributed by atoms with E-state index in [-0.39, 0.29) is 17.7 Å². The fourth-order valence-electron chi connectivity index (χ4n) is 5.83. The highest BCUT2D eigenvalue weighted by Crippen LogP contribution is 2.76. The normalized spacial score (nSPS) is 27.9. The number of para-hydroxylation sites is 1. The third-order valence-corrected chi connectivity index (χ3v) is 8.51. The maximum absolute atomic E-state index is 13.6. The molecular formula is C28H20N4OS. The van der Waals surface area contributed by atoms with Gasteiger partial charge >= 0.3 is 0 Å². The van der Waals surface area contributed by atoms with E-state index in [0.717, 1.165) is 26.9 Å². The van der Waals surface area contributed by atoms with E-state index in [1.807, 2.05) is 85.8 Å². The van der Waals surface area contributed by atoms with Gasteiger partial charge in [-0.3, -0.25) is 4.79 Å². The van der Waals surface area contributed by atoms with E-state index in [9.17, 15) is 15.3 Å². The summed E-state index contributed by atoms with van der Waals surface area (Å²) in [5, 5.41) is 24.7. The molecule has 34 heavy (non-hydrogen) atoms. The molecule has 3 aromatic carbocycles. The molecule has 6 rings (SSSR count). The van der Waals surface area contributed by atoms with Crippen LogP contribution in [0, 0.1) is 40.9 Å². The third kappa shape index (κ3) is 2.58. The van der Waals surface area contributed by atoms with Gasteiger partial charge in [0.05, 0.1) is 27.9 Å². The number of aryl methyl sites for hydroxylation is 1. The summed E-state index contributed by atoms with van der Waals surface area (Å²) >= 11 is 1.47. The van der Waals surface area contributed by atoms with Gasteiger partial charge in [-0.15, -0.1) is 11.3 Å². The largest absolute Gasteiger partial charge is 0.343 e. The number of rotatable bonds is 4. The molecule has 1 aliphatic carbocycles. The second-order valence-corrected chi connectivity index (χ2v) is 10.2. The Hall–Kier alpha value is -4.00. The summed E-state index contributed by atoms with van der Waals surface area (Å²) in [6.45, 7) is 2.01. The molecule has 6 heteroatoms. The fraction of sp³-hybridized carbons (Fsp3) is 0.214. The number of nitrogens with zero attached hydrogens (tertiary/aromatic N) is 3. The molecule has 1 amide bonds. The average Bonchev–Trinajstić information content (AvgIpc) is 3.25. The van der Waals surface area contributed by atoms with Gasteiger partial charge in [0.25, 0.3) is 0 Å². The van der Waals surface area contributed by atoms with Crippen LogP contribution in [0.3, 0.4) is 0 Å². The van der Waals surface area contributed by atoms with Crippen molar-refractivity contribution in [2.24, 2.45) is 11.3 Å². The Kier molecular flexibility index (Phi) is 4.39. The number of nitriles is 2. The number of aromatic nitrogens is 1. The van der Waals surface area contributed by atoms with Crippen LogP contribution in [0.2, 0.25) is 0 Å². The lowest BCUT2D eigenvalue weighted by Crippen LogP contribution is -2.48. The van der Waals surface area contributed by atoms with Crippen molar-refractivity contribution in [3.05, 3.63) is 101 Å². The lowest BCUT2D eigenvalue weighted by atomic mass is 9.74. The molecule has 1 N–H and O–H groups in total. The van der Waals surface area contributed by atoms with Crippen LogP contribution in [0.5, 0.6) is 0 Å². The zero-order chi connectivity index (χ0) is 23.5. The molecule has 1 aromatic heterocycles. The lowest BCUT2D eigenvalue weighted by Gasteiger charge is -2.36. The van der Waals surface area contributed by atoms with E-state index in [0.29, 0.717) is 5.01 Å². The van der Waals surface area contributed by atoms with E-state index < -0.39 is 16.9 Å². The first-order valence-corrected chi connectivity index (χ1v) is 12.0. The molecule has 3 unspecified atom stereocenters. The Morgan fingerprint density at radius 2 is 1.71 bits per heavy atom. The SMILES string of the molecule is Cc1ccc([C@@H]2[C@H]3C(c4ccccc4)(C(C#N)c4nc5ccccc5s4)NC(=O)C23C#N)cc1. The Morgan fingerprint density at radius 3 is 2.38 bits per heavy atom. The molecular weight excluding hydrogens is 440 g/mol. The summed E-state index contributed by atoms with van der Waals surface area (Å²) in [7, 11) is 0. The number of benzene rings is 3. The molecule has 4 aromatic rings. The summed E-state index contributed by atoms with van der Waals surface area (Å²) in [4.78, 5) is 18.4. The first-order valence-electron chi connectivity index (χ1n) is 11.2. The van der Waals surface area contributed by atoms with E-state index >= 15 is 0 Å². The molecule has 0 radical (unpaired) electrons. The first-order chi connectivity index (χ1) is 16.6. The second-order valence-electron chi connectivity index (χ2n) is 9.12. The number of thiazole rings is 1. The zero-order valence-corrected chi connectivity index (χ0v) is 19.2. The molecule has 5 nitrogen and oxygen atoms in total. The van der Waals surface area contributed by atoms with Crippen LogP contribution in [0.15, 0.2) is 78.9 Å². The van der Waals surface area contributed by atoms with Crippen LogP contribution in [0.25, 0.3) is 10.2 Å². The zero-order valence-electron chi connectivity index (χ0n) is 18.4. The number of amides is 1. The smallest absolute Gasteiger partial charge is 0.242 e. The number of carbonyl (C=O) groups is 1. The Balaban J connectivity index is 1.58. The van der Waals surface area contributed by atoms with Gasteiger partial charge in [-0.05, 0) is 30.2 Å². The molecule has 1 saturated carbocycles. The van der Waals surface area contributed by atoms with Crippen LogP contribution in [0.4, 0.5) is 0 Å². The number of nitrogens with one attached hydrogen (secondary N) is 1. The average molecular weight is 461 g/mol. The van der Waals surface area contributed by atoms with Crippen LogP contribution < -0.4 is 5.32 Å². The monoisotopic (exact) mass is 460 g/mol. The molecule has 2 fully saturated rings. The second kappa shape index (κ2) is 7.25. The standard InChI is InChI=1S/C28H20N4OS/c1-17-11-13-18(14-12-17)23-24-27(23,16-30)26(33)32-28(24,19-7-3-2-4-8-19)20(15-29)25-31-21-9-5-6-10-22(21)34-25/h2-14,20,23-24H,1H3,(H,32,33)/t20?,23-,24-,27?,28?/m1/s1. The quantitative estimate of drug-likeness (QED) is 0.455. The molecule has 0 bridgehead atoms. The highest BCUT2D eigenvalue weighted by Gasteiger charge is 2.84. The van der Waals surface area contributed by atoms with Crippen molar-refractivity contribution in [2.45, 2.75) is 24.3 Å². The van der Waals surface area contributed by atoms with E-state index in [2.05, 4.69) is 17.5 Å². The van der Waals surface area contributed by atoms with Crippen molar-refractivity contribution in [1.82, 2.24) is 10.3 Å². The minimum Gasteiger partial charge on any atom is -0.343 e. The van der Waals surface area contributed by atoms with Crippen LogP contribution >= 0.6 is 11.3 Å². The Labute approximate surface area is 201 Å². The van der Waals surface area contributed by atoms with Gasteiger partial charge in [0.15, 0.2) is 0 Å². The van der Waals surface area contributed by atoms with Crippen molar-refractivity contribution < 1.29 is 4.79 Å². The van der Waals surface area contributed by atoms with Gasteiger partial charge in [0.1, 0.15) is 16.3 Å². The van der Waals surface area contributed by atoms with Crippen molar-refractivity contribution in [1.29, 1.82) is 10.5 Å². The summed E-state index contributed by atoms with van der Waals surface area (Å²) < 4.78 is 0.989. The molecule has 5 atom stereocenters.